The van der Waals surface area contributed by atoms with Crippen LogP contribution in [0.1, 0.15) is 48.7 Å². The van der Waals surface area contributed by atoms with Crippen LogP contribution < -0.4 is 4.74 Å². The summed E-state index contributed by atoms with van der Waals surface area (Å²) in [6.45, 7) is 4.45. The monoisotopic (exact) mass is 377 g/mol. The molecule has 1 atom stereocenters. The van der Waals surface area contributed by atoms with Crippen molar-refractivity contribution < 1.29 is 9.53 Å². The Morgan fingerprint density at radius 3 is 2.57 bits per heavy atom. The van der Waals surface area contributed by atoms with Crippen molar-refractivity contribution in [1.29, 1.82) is 0 Å². The summed E-state index contributed by atoms with van der Waals surface area (Å²) in [5.41, 5.74) is 2.72. The highest BCUT2D eigenvalue weighted by molar-refractivity contribution is 5.88. The molecule has 1 aliphatic heterocycles. The van der Waals surface area contributed by atoms with E-state index in [9.17, 15) is 4.79 Å². The maximum Gasteiger partial charge on any atom is 0.249 e. The molecule has 3 fully saturated rings. The van der Waals surface area contributed by atoms with Gasteiger partial charge < -0.3 is 4.74 Å². The maximum atomic E-state index is 13.2. The van der Waals surface area contributed by atoms with Gasteiger partial charge in [-0.3, -0.25) is 14.8 Å². The van der Waals surface area contributed by atoms with E-state index in [1.807, 2.05) is 38.4 Å². The van der Waals surface area contributed by atoms with Gasteiger partial charge in [0, 0.05) is 29.9 Å². The first-order valence-corrected chi connectivity index (χ1v) is 9.69. The molecule has 0 aromatic carbocycles. The number of hydrazone groups is 1. The highest BCUT2D eigenvalue weighted by atomic mass is 16.5. The Hall–Kier alpha value is -2.83. The van der Waals surface area contributed by atoms with Crippen molar-refractivity contribution >= 4 is 12.1 Å². The topological polar surface area (TPSA) is 80.6 Å². The van der Waals surface area contributed by atoms with Gasteiger partial charge in [-0.2, -0.15) is 5.10 Å². The number of aryl methyl sites for hydroxylation is 2. The van der Waals surface area contributed by atoms with Gasteiger partial charge in [-0.15, -0.1) is 0 Å². The van der Waals surface area contributed by atoms with Crippen LogP contribution in [-0.4, -0.2) is 38.7 Å². The summed E-state index contributed by atoms with van der Waals surface area (Å²) in [7, 11) is 0. The largest absolute Gasteiger partial charge is 0.476 e. The quantitative estimate of drug-likeness (QED) is 0.800. The molecule has 7 nitrogen and oxygen atoms in total. The van der Waals surface area contributed by atoms with Gasteiger partial charge in [0.25, 0.3) is 0 Å². The zero-order valence-electron chi connectivity index (χ0n) is 16.1. The lowest BCUT2D eigenvalue weighted by atomic mass is 9.35. The fraction of sp³-hybridized carbons (Fsp3) is 0.476. The number of carbonyl (C=O) groups excluding carboxylic acids is 1. The van der Waals surface area contributed by atoms with Crippen molar-refractivity contribution in [3.8, 4) is 5.88 Å². The first-order valence-electron chi connectivity index (χ1n) is 9.69. The minimum absolute atomic E-state index is 0.0374. The normalized spacial score (nSPS) is 29.9. The van der Waals surface area contributed by atoms with Gasteiger partial charge >= 0.3 is 0 Å². The number of carbonyl (C=O) groups is 1. The van der Waals surface area contributed by atoms with E-state index in [1.54, 1.807) is 17.4 Å². The summed E-state index contributed by atoms with van der Waals surface area (Å²) >= 11 is 0. The number of rotatable bonds is 5. The van der Waals surface area contributed by atoms with Gasteiger partial charge in [0.2, 0.25) is 11.8 Å². The third-order valence-corrected chi connectivity index (χ3v) is 6.23. The molecule has 2 bridgehead atoms. The second-order valence-electron chi connectivity index (χ2n) is 8.53. The molecule has 0 saturated heterocycles. The van der Waals surface area contributed by atoms with Crippen LogP contribution in [0.3, 0.4) is 0 Å². The Morgan fingerprint density at radius 1 is 1.11 bits per heavy atom. The molecule has 0 spiro atoms. The number of ether oxygens (including phenoxy) is 1. The third kappa shape index (κ3) is 2.68. The standard InChI is InChI=1S/C21H23N5O2/c1-14-3-4-16(8-22-14)17-5-6-25-26(17)19(27)21-10-20(11-21,12-21)13-28-18-9-23-15(2)7-24-18/h3-4,6-9,17H,5,10-13H2,1-2H3. The minimum atomic E-state index is -0.264. The van der Waals surface area contributed by atoms with E-state index in [2.05, 4.69) is 20.1 Å². The van der Waals surface area contributed by atoms with Crippen LogP contribution in [0, 0.1) is 24.7 Å². The van der Waals surface area contributed by atoms with Gasteiger partial charge in [-0.1, -0.05) is 6.07 Å². The predicted octanol–water partition coefficient (Wildman–Crippen LogP) is 3.00. The number of amides is 1. The molecule has 7 heteroatoms. The van der Waals surface area contributed by atoms with Gasteiger partial charge in [0.15, 0.2) is 0 Å². The van der Waals surface area contributed by atoms with Crippen molar-refractivity contribution in [2.75, 3.05) is 6.61 Å². The second-order valence-corrected chi connectivity index (χ2v) is 8.53. The van der Waals surface area contributed by atoms with Crippen molar-refractivity contribution in [1.82, 2.24) is 20.0 Å². The second kappa shape index (κ2) is 6.09. The maximum absolute atomic E-state index is 13.2. The van der Waals surface area contributed by atoms with E-state index in [0.717, 1.165) is 42.6 Å². The Labute approximate surface area is 163 Å². The molecule has 1 amide bonds. The highest BCUT2D eigenvalue weighted by Gasteiger charge is 2.72. The Kier molecular flexibility index (Phi) is 3.76. The van der Waals surface area contributed by atoms with Crippen LogP contribution in [0.25, 0.3) is 0 Å². The van der Waals surface area contributed by atoms with E-state index in [4.69, 9.17) is 4.74 Å². The first-order chi connectivity index (χ1) is 13.5. The fourth-order valence-corrected chi connectivity index (χ4v) is 4.87. The molecule has 2 aromatic rings. The van der Waals surface area contributed by atoms with Gasteiger partial charge in [0.05, 0.1) is 36.2 Å². The van der Waals surface area contributed by atoms with Crippen LogP contribution in [0.15, 0.2) is 35.8 Å². The van der Waals surface area contributed by atoms with Gasteiger partial charge in [0.1, 0.15) is 0 Å². The van der Waals surface area contributed by atoms with Crippen LogP contribution in [0.5, 0.6) is 5.88 Å². The minimum Gasteiger partial charge on any atom is -0.476 e. The molecule has 4 aliphatic rings. The molecule has 28 heavy (non-hydrogen) atoms. The van der Waals surface area contributed by atoms with E-state index in [0.29, 0.717) is 12.5 Å². The van der Waals surface area contributed by atoms with Crippen LogP contribution >= 0.6 is 0 Å². The number of pyridine rings is 1. The van der Waals surface area contributed by atoms with E-state index in [-0.39, 0.29) is 22.8 Å². The lowest BCUT2D eigenvalue weighted by Crippen LogP contribution is -2.69. The molecular weight excluding hydrogens is 354 g/mol. The average Bonchev–Trinajstić information content (AvgIpc) is 3.11. The number of aromatic nitrogens is 3. The van der Waals surface area contributed by atoms with Crippen molar-refractivity contribution in [2.24, 2.45) is 15.9 Å². The SMILES string of the molecule is Cc1ccc(C2CC=NN2C(=O)C23CC(COc4cnc(C)cn4)(C2)C3)cn1. The average molecular weight is 377 g/mol. The van der Waals surface area contributed by atoms with E-state index in [1.165, 1.54) is 0 Å². The van der Waals surface area contributed by atoms with Crippen LogP contribution in [0.2, 0.25) is 0 Å². The van der Waals surface area contributed by atoms with Gasteiger partial charge in [-0.25, -0.2) is 9.99 Å². The summed E-state index contributed by atoms with van der Waals surface area (Å²) < 4.78 is 5.82. The molecule has 6 rings (SSSR count). The Morgan fingerprint density at radius 2 is 1.89 bits per heavy atom. The Balaban J connectivity index is 1.21. The highest BCUT2D eigenvalue weighted by Crippen LogP contribution is 2.74. The molecular formula is C21H23N5O2. The summed E-state index contributed by atoms with van der Waals surface area (Å²) in [4.78, 5) is 26.0. The molecule has 3 saturated carbocycles. The lowest BCUT2D eigenvalue weighted by molar-refractivity contribution is -0.227. The number of nitrogens with zero attached hydrogens (tertiary/aromatic N) is 5. The Bertz CT molecular complexity index is 918. The van der Waals surface area contributed by atoms with Crippen molar-refractivity contribution in [2.45, 2.75) is 45.6 Å². The zero-order chi connectivity index (χ0) is 19.4. The van der Waals surface area contributed by atoms with Gasteiger partial charge in [-0.05, 0) is 44.7 Å². The number of hydrogen-bond acceptors (Lipinski definition) is 6. The molecule has 144 valence electrons. The van der Waals surface area contributed by atoms with E-state index < -0.39 is 0 Å². The zero-order valence-corrected chi connectivity index (χ0v) is 16.1. The summed E-state index contributed by atoms with van der Waals surface area (Å²) in [5, 5.41) is 6.08. The summed E-state index contributed by atoms with van der Waals surface area (Å²) in [5.74, 6) is 0.690. The lowest BCUT2D eigenvalue weighted by Gasteiger charge is -2.69. The molecule has 3 aliphatic carbocycles. The van der Waals surface area contributed by atoms with Crippen LogP contribution in [-0.2, 0) is 4.79 Å². The number of hydrogen-bond donors (Lipinski definition) is 0. The van der Waals surface area contributed by atoms with Crippen LogP contribution in [0.4, 0.5) is 0 Å². The predicted molar refractivity (Wildman–Crippen MR) is 103 cm³/mol. The van der Waals surface area contributed by atoms with E-state index >= 15 is 0 Å². The molecule has 2 aromatic heterocycles. The molecule has 3 heterocycles. The fourth-order valence-electron chi connectivity index (χ4n) is 4.87. The molecule has 0 N–H and O–H groups in total. The smallest absolute Gasteiger partial charge is 0.249 e. The van der Waals surface area contributed by atoms with Crippen molar-refractivity contribution in [3.63, 3.8) is 0 Å². The summed E-state index contributed by atoms with van der Waals surface area (Å²) in [6.07, 6.45) is 10.4. The van der Waals surface area contributed by atoms with Crippen molar-refractivity contribution in [3.05, 3.63) is 47.7 Å². The summed E-state index contributed by atoms with van der Waals surface area (Å²) in [6, 6.07) is 3.99. The molecule has 0 radical (unpaired) electrons. The first kappa shape index (κ1) is 17.3. The molecule has 1 unspecified atom stereocenters. The third-order valence-electron chi connectivity index (χ3n) is 6.23.